The molecule has 0 saturated carbocycles. The van der Waals surface area contributed by atoms with Crippen LogP contribution in [0.5, 0.6) is 5.75 Å². The molecule has 0 spiro atoms. The molecule has 90 valence electrons. The second-order valence-corrected chi connectivity index (χ2v) is 4.54. The Balaban J connectivity index is 1.95. The number of ether oxygens (including phenoxy) is 1. The van der Waals surface area contributed by atoms with Gasteiger partial charge in [0.25, 0.3) is 0 Å². The van der Waals surface area contributed by atoms with E-state index in [-0.39, 0.29) is 0 Å². The zero-order valence-electron chi connectivity index (χ0n) is 10.0. The van der Waals surface area contributed by atoms with Crippen LogP contribution in [0.4, 0.5) is 0 Å². The molecule has 3 rings (SSSR count). The summed E-state index contributed by atoms with van der Waals surface area (Å²) in [7, 11) is 1.68. The number of piperidine rings is 1. The molecule has 1 fully saturated rings. The van der Waals surface area contributed by atoms with Crippen molar-refractivity contribution in [1.29, 1.82) is 0 Å². The number of nitrogens with one attached hydrogen (secondary N) is 1. The molecule has 1 unspecified atom stereocenters. The largest absolute Gasteiger partial charge is 0.497 e. The van der Waals surface area contributed by atoms with E-state index in [1.54, 1.807) is 7.11 Å². The monoisotopic (exact) mass is 231 g/mol. The molecule has 0 bridgehead atoms. The molecule has 0 radical (unpaired) electrons. The van der Waals surface area contributed by atoms with Crippen molar-refractivity contribution < 1.29 is 4.74 Å². The molecule has 4 nitrogen and oxygen atoms in total. The number of nitrogens with zero attached hydrogens (tertiary/aromatic N) is 2. The van der Waals surface area contributed by atoms with Gasteiger partial charge in [-0.05, 0) is 25.5 Å². The van der Waals surface area contributed by atoms with Gasteiger partial charge in [-0.15, -0.1) is 0 Å². The summed E-state index contributed by atoms with van der Waals surface area (Å²) < 4.78 is 7.27. The average Bonchev–Trinajstić information content (AvgIpc) is 2.82. The highest BCUT2D eigenvalue weighted by Gasteiger charge is 2.17. The Morgan fingerprint density at radius 3 is 3.24 bits per heavy atom. The molecular weight excluding hydrogens is 214 g/mol. The fourth-order valence-electron chi connectivity index (χ4n) is 2.41. The maximum Gasteiger partial charge on any atom is 0.140 e. The predicted octanol–water partition coefficient (Wildman–Crippen LogP) is 1.81. The van der Waals surface area contributed by atoms with Gasteiger partial charge in [-0.3, -0.25) is 0 Å². The van der Waals surface area contributed by atoms with Crippen molar-refractivity contribution >= 4 is 5.65 Å². The molecule has 2 aromatic heterocycles. The lowest BCUT2D eigenvalue weighted by Gasteiger charge is -2.20. The van der Waals surface area contributed by atoms with Crippen molar-refractivity contribution in [2.45, 2.75) is 18.8 Å². The molecule has 0 aliphatic carbocycles. The zero-order chi connectivity index (χ0) is 11.7. The van der Waals surface area contributed by atoms with Crippen LogP contribution in [-0.2, 0) is 0 Å². The minimum atomic E-state index is 0.551. The normalized spacial score (nSPS) is 20.6. The van der Waals surface area contributed by atoms with E-state index < -0.39 is 0 Å². The number of hydrogen-bond acceptors (Lipinski definition) is 3. The Kier molecular flexibility index (Phi) is 2.73. The van der Waals surface area contributed by atoms with Crippen molar-refractivity contribution in [2.75, 3.05) is 20.2 Å². The minimum absolute atomic E-state index is 0.551. The van der Waals surface area contributed by atoms with Crippen molar-refractivity contribution in [1.82, 2.24) is 14.7 Å². The van der Waals surface area contributed by atoms with Gasteiger partial charge in [0, 0.05) is 30.9 Å². The van der Waals surface area contributed by atoms with Gasteiger partial charge >= 0.3 is 0 Å². The molecule has 1 N–H and O–H groups in total. The molecule has 0 aromatic carbocycles. The number of fused-ring (bicyclic) bond motifs is 1. The highest BCUT2D eigenvalue weighted by atomic mass is 16.5. The van der Waals surface area contributed by atoms with E-state index in [2.05, 4.69) is 20.9 Å². The van der Waals surface area contributed by atoms with Gasteiger partial charge in [0.1, 0.15) is 11.4 Å². The lowest BCUT2D eigenvalue weighted by molar-refractivity contribution is 0.414. The number of pyridine rings is 1. The summed E-state index contributed by atoms with van der Waals surface area (Å²) in [6.07, 6.45) is 6.60. The summed E-state index contributed by atoms with van der Waals surface area (Å²) in [5.41, 5.74) is 2.15. The first-order chi connectivity index (χ1) is 8.36. The molecule has 1 saturated heterocycles. The van der Waals surface area contributed by atoms with Crippen molar-refractivity contribution in [3.05, 3.63) is 30.2 Å². The standard InChI is InChI=1S/C13H17N3O/c1-17-11-4-6-16-9-12(15-13(16)7-11)10-3-2-5-14-8-10/h4,6-7,9-10,14H,2-3,5,8H2,1H3. The third-order valence-electron chi connectivity index (χ3n) is 3.40. The van der Waals surface area contributed by atoms with Gasteiger partial charge in [0.05, 0.1) is 12.8 Å². The second kappa shape index (κ2) is 4.37. The fourth-order valence-corrected chi connectivity index (χ4v) is 2.41. The number of aromatic nitrogens is 2. The van der Waals surface area contributed by atoms with Crippen molar-refractivity contribution in [3.63, 3.8) is 0 Å². The van der Waals surface area contributed by atoms with Crippen LogP contribution in [0.1, 0.15) is 24.5 Å². The van der Waals surface area contributed by atoms with Crippen LogP contribution in [-0.4, -0.2) is 29.6 Å². The molecule has 1 atom stereocenters. The lowest BCUT2D eigenvalue weighted by atomic mass is 9.97. The van der Waals surface area contributed by atoms with E-state index in [0.717, 1.165) is 24.5 Å². The first-order valence-corrected chi connectivity index (χ1v) is 6.10. The minimum Gasteiger partial charge on any atom is -0.497 e. The van der Waals surface area contributed by atoms with Crippen LogP contribution < -0.4 is 10.1 Å². The molecule has 4 heteroatoms. The quantitative estimate of drug-likeness (QED) is 0.856. The van der Waals surface area contributed by atoms with Gasteiger partial charge in [0.15, 0.2) is 0 Å². The van der Waals surface area contributed by atoms with Gasteiger partial charge < -0.3 is 14.5 Å². The fraction of sp³-hybridized carbons (Fsp3) is 0.462. The number of hydrogen-bond donors (Lipinski definition) is 1. The zero-order valence-corrected chi connectivity index (χ0v) is 10.0. The molecule has 1 aliphatic rings. The van der Waals surface area contributed by atoms with Crippen LogP contribution in [0, 0.1) is 0 Å². The van der Waals surface area contributed by atoms with Crippen LogP contribution in [0.25, 0.3) is 5.65 Å². The van der Waals surface area contributed by atoms with Crippen molar-refractivity contribution in [2.24, 2.45) is 0 Å². The molecule has 3 heterocycles. The highest BCUT2D eigenvalue weighted by molar-refractivity contribution is 5.46. The maximum absolute atomic E-state index is 5.21. The Morgan fingerprint density at radius 1 is 1.53 bits per heavy atom. The Labute approximate surface area is 101 Å². The van der Waals surface area contributed by atoms with Gasteiger partial charge in [-0.1, -0.05) is 0 Å². The second-order valence-electron chi connectivity index (χ2n) is 4.54. The summed E-state index contributed by atoms with van der Waals surface area (Å²) in [6.45, 7) is 2.18. The average molecular weight is 231 g/mol. The van der Waals surface area contributed by atoms with Gasteiger partial charge in [0.2, 0.25) is 0 Å². The van der Waals surface area contributed by atoms with Crippen LogP contribution in [0.3, 0.4) is 0 Å². The summed E-state index contributed by atoms with van der Waals surface area (Å²) in [6, 6.07) is 3.93. The molecule has 0 amide bonds. The van der Waals surface area contributed by atoms with Crippen LogP contribution in [0.15, 0.2) is 24.5 Å². The SMILES string of the molecule is COc1ccn2cc(C3CCCNC3)nc2c1. The third kappa shape index (κ3) is 2.00. The predicted molar refractivity (Wildman–Crippen MR) is 66.6 cm³/mol. The molecule has 17 heavy (non-hydrogen) atoms. The van der Waals surface area contributed by atoms with Crippen molar-refractivity contribution in [3.8, 4) is 5.75 Å². The van der Waals surface area contributed by atoms with E-state index in [1.807, 2.05) is 18.3 Å². The molecular formula is C13H17N3O. The molecule has 2 aromatic rings. The van der Waals surface area contributed by atoms with Crippen LogP contribution in [0.2, 0.25) is 0 Å². The van der Waals surface area contributed by atoms with E-state index >= 15 is 0 Å². The maximum atomic E-state index is 5.21. The van der Waals surface area contributed by atoms with Gasteiger partial charge in [-0.2, -0.15) is 0 Å². The van der Waals surface area contributed by atoms with E-state index in [9.17, 15) is 0 Å². The Morgan fingerprint density at radius 2 is 2.47 bits per heavy atom. The summed E-state index contributed by atoms with van der Waals surface area (Å²) in [4.78, 5) is 4.69. The van der Waals surface area contributed by atoms with Gasteiger partial charge in [-0.25, -0.2) is 4.98 Å². The first kappa shape index (κ1) is 10.6. The van der Waals surface area contributed by atoms with E-state index in [1.165, 1.54) is 18.5 Å². The number of methoxy groups -OCH3 is 1. The number of imidazole rings is 1. The summed E-state index contributed by atoms with van der Waals surface area (Å²) in [5.74, 6) is 1.41. The van der Waals surface area contributed by atoms with E-state index in [4.69, 9.17) is 4.74 Å². The summed E-state index contributed by atoms with van der Waals surface area (Å²) in [5, 5.41) is 3.43. The smallest absolute Gasteiger partial charge is 0.140 e. The highest BCUT2D eigenvalue weighted by Crippen LogP contribution is 2.23. The molecule has 1 aliphatic heterocycles. The third-order valence-corrected chi connectivity index (χ3v) is 3.40. The Bertz CT molecular complexity index is 514. The van der Waals surface area contributed by atoms with E-state index in [0.29, 0.717) is 5.92 Å². The van der Waals surface area contributed by atoms with Crippen LogP contribution >= 0.6 is 0 Å². The number of rotatable bonds is 2. The first-order valence-electron chi connectivity index (χ1n) is 6.10. The summed E-state index contributed by atoms with van der Waals surface area (Å²) >= 11 is 0. The Hall–Kier alpha value is -1.55. The lowest BCUT2D eigenvalue weighted by Crippen LogP contribution is -2.28. The topological polar surface area (TPSA) is 38.6 Å².